The Balaban J connectivity index is 2.43. The lowest BCUT2D eigenvalue weighted by atomic mass is 9.95. The van der Waals surface area contributed by atoms with Gasteiger partial charge < -0.3 is 0 Å². The van der Waals surface area contributed by atoms with Crippen molar-refractivity contribution in [2.45, 2.75) is 12.3 Å². The molecule has 94 valence electrons. The maximum absolute atomic E-state index is 12.0. The molecule has 1 atom stereocenters. The van der Waals surface area contributed by atoms with Gasteiger partial charge in [0.2, 0.25) is 11.8 Å². The van der Waals surface area contributed by atoms with Gasteiger partial charge >= 0.3 is 0 Å². The lowest BCUT2D eigenvalue weighted by molar-refractivity contribution is -0.137. The molecule has 1 aliphatic heterocycles. The van der Waals surface area contributed by atoms with Crippen LogP contribution in [0.4, 0.5) is 5.69 Å². The standard InChI is InChI=1S/C12H13N3O3/c1-14-11(16)7-9(12(14)17)8-5-3-4-6-10(8)15(2)13-18/h3-6,9H,7H2,1-2H3/t9-/m0/s1. The minimum Gasteiger partial charge on any atom is -0.285 e. The number of carbonyl (C=O) groups excluding carboxylic acids is 2. The maximum atomic E-state index is 12.0. The second-order valence-corrected chi connectivity index (χ2v) is 4.21. The molecular weight excluding hydrogens is 234 g/mol. The molecule has 0 aromatic heterocycles. The number of imide groups is 1. The second-order valence-electron chi connectivity index (χ2n) is 4.21. The number of anilines is 1. The zero-order valence-electron chi connectivity index (χ0n) is 10.2. The summed E-state index contributed by atoms with van der Waals surface area (Å²) in [7, 11) is 2.98. The summed E-state index contributed by atoms with van der Waals surface area (Å²) >= 11 is 0. The number of para-hydroxylation sites is 1. The highest BCUT2D eigenvalue weighted by Crippen LogP contribution is 2.34. The van der Waals surface area contributed by atoms with Crippen LogP contribution in [-0.2, 0) is 9.59 Å². The van der Waals surface area contributed by atoms with Crippen LogP contribution >= 0.6 is 0 Å². The van der Waals surface area contributed by atoms with E-state index in [0.29, 0.717) is 11.3 Å². The predicted octanol–water partition coefficient (Wildman–Crippen LogP) is 1.28. The normalized spacial score (nSPS) is 19.2. The van der Waals surface area contributed by atoms with E-state index in [2.05, 4.69) is 5.29 Å². The van der Waals surface area contributed by atoms with Crippen molar-refractivity contribution in [3.05, 3.63) is 34.7 Å². The number of hydrogen-bond donors (Lipinski definition) is 0. The number of amides is 2. The summed E-state index contributed by atoms with van der Waals surface area (Å²) in [6.45, 7) is 0. The van der Waals surface area contributed by atoms with Crippen molar-refractivity contribution in [1.82, 2.24) is 4.90 Å². The summed E-state index contributed by atoms with van der Waals surface area (Å²) in [6, 6.07) is 6.97. The van der Waals surface area contributed by atoms with Crippen LogP contribution in [0.3, 0.4) is 0 Å². The van der Waals surface area contributed by atoms with E-state index in [9.17, 15) is 14.5 Å². The maximum Gasteiger partial charge on any atom is 0.237 e. The zero-order chi connectivity index (χ0) is 13.3. The summed E-state index contributed by atoms with van der Waals surface area (Å²) in [5.74, 6) is -0.976. The molecule has 1 aromatic carbocycles. The van der Waals surface area contributed by atoms with E-state index >= 15 is 0 Å². The molecule has 18 heavy (non-hydrogen) atoms. The van der Waals surface area contributed by atoms with E-state index in [1.54, 1.807) is 24.3 Å². The molecule has 2 rings (SSSR count). The molecular formula is C12H13N3O3. The van der Waals surface area contributed by atoms with Gasteiger partial charge in [0.05, 0.1) is 16.9 Å². The predicted molar refractivity (Wildman–Crippen MR) is 65.8 cm³/mol. The fourth-order valence-corrected chi connectivity index (χ4v) is 2.12. The smallest absolute Gasteiger partial charge is 0.237 e. The van der Waals surface area contributed by atoms with Gasteiger partial charge in [-0.3, -0.25) is 14.5 Å². The van der Waals surface area contributed by atoms with Crippen LogP contribution in [0, 0.1) is 4.91 Å². The molecule has 6 heteroatoms. The fourth-order valence-electron chi connectivity index (χ4n) is 2.12. The number of nitrogens with zero attached hydrogens (tertiary/aromatic N) is 3. The van der Waals surface area contributed by atoms with Gasteiger partial charge in [-0.2, -0.15) is 0 Å². The molecule has 1 heterocycles. The topological polar surface area (TPSA) is 70.1 Å². The van der Waals surface area contributed by atoms with Crippen LogP contribution in [-0.4, -0.2) is 30.8 Å². The third kappa shape index (κ3) is 1.85. The molecule has 0 saturated carbocycles. The first-order chi connectivity index (χ1) is 8.56. The number of rotatable bonds is 3. The molecule has 0 unspecified atom stereocenters. The van der Waals surface area contributed by atoms with Crippen LogP contribution in [0.1, 0.15) is 17.9 Å². The van der Waals surface area contributed by atoms with Gasteiger partial charge in [0.15, 0.2) is 0 Å². The summed E-state index contributed by atoms with van der Waals surface area (Å²) < 4.78 is 0. The van der Waals surface area contributed by atoms with Crippen molar-refractivity contribution in [1.29, 1.82) is 0 Å². The van der Waals surface area contributed by atoms with Gasteiger partial charge in [0.25, 0.3) is 0 Å². The van der Waals surface area contributed by atoms with Crippen LogP contribution in [0.25, 0.3) is 0 Å². The molecule has 0 spiro atoms. The van der Waals surface area contributed by atoms with Crippen molar-refractivity contribution in [3.63, 3.8) is 0 Å². The molecule has 2 amide bonds. The fraction of sp³-hybridized carbons (Fsp3) is 0.333. The average molecular weight is 247 g/mol. The van der Waals surface area contributed by atoms with Gasteiger partial charge in [-0.25, -0.2) is 5.01 Å². The quantitative estimate of drug-likeness (QED) is 0.458. The first kappa shape index (κ1) is 12.2. The van der Waals surface area contributed by atoms with Crippen LogP contribution < -0.4 is 5.01 Å². The van der Waals surface area contributed by atoms with Crippen molar-refractivity contribution >= 4 is 17.5 Å². The summed E-state index contributed by atoms with van der Waals surface area (Å²) in [5.41, 5.74) is 1.20. The zero-order valence-corrected chi connectivity index (χ0v) is 10.2. The summed E-state index contributed by atoms with van der Waals surface area (Å²) in [5, 5.41) is 3.99. The molecule has 1 saturated heterocycles. The number of benzene rings is 1. The first-order valence-electron chi connectivity index (χ1n) is 5.52. The van der Waals surface area contributed by atoms with Crippen LogP contribution in [0.2, 0.25) is 0 Å². The van der Waals surface area contributed by atoms with Crippen molar-refractivity contribution < 1.29 is 9.59 Å². The lowest BCUT2D eigenvalue weighted by Crippen LogP contribution is -2.25. The van der Waals surface area contributed by atoms with Crippen LogP contribution in [0.15, 0.2) is 29.6 Å². The van der Waals surface area contributed by atoms with E-state index in [1.165, 1.54) is 14.1 Å². The van der Waals surface area contributed by atoms with Gasteiger partial charge in [0.1, 0.15) is 0 Å². The van der Waals surface area contributed by atoms with E-state index in [1.807, 2.05) is 0 Å². The van der Waals surface area contributed by atoms with E-state index < -0.39 is 5.92 Å². The molecule has 0 aliphatic carbocycles. The Hall–Kier alpha value is -2.24. The molecule has 1 aromatic rings. The number of hydrogen-bond acceptors (Lipinski definition) is 4. The SMILES string of the molecule is CN1C(=O)C[C@@H](c2ccccc2N(C)N=O)C1=O. The average Bonchev–Trinajstić information content (AvgIpc) is 2.65. The van der Waals surface area contributed by atoms with E-state index in [4.69, 9.17) is 0 Å². The van der Waals surface area contributed by atoms with Gasteiger partial charge in [-0.1, -0.05) is 18.2 Å². The summed E-state index contributed by atoms with van der Waals surface area (Å²) in [4.78, 5) is 35.2. The highest BCUT2D eigenvalue weighted by molar-refractivity contribution is 6.06. The Bertz CT molecular complexity index is 515. The highest BCUT2D eigenvalue weighted by Gasteiger charge is 2.38. The highest BCUT2D eigenvalue weighted by atomic mass is 16.3. The molecule has 1 fully saturated rings. The van der Waals surface area contributed by atoms with Crippen molar-refractivity contribution in [3.8, 4) is 0 Å². The molecule has 0 radical (unpaired) electrons. The lowest BCUT2D eigenvalue weighted by Gasteiger charge is -2.17. The van der Waals surface area contributed by atoms with Crippen LogP contribution in [0.5, 0.6) is 0 Å². The minimum absolute atomic E-state index is 0.138. The van der Waals surface area contributed by atoms with Crippen molar-refractivity contribution in [2.75, 3.05) is 19.1 Å². The van der Waals surface area contributed by atoms with Crippen molar-refractivity contribution in [2.24, 2.45) is 5.29 Å². The Morgan fingerprint density at radius 3 is 2.56 bits per heavy atom. The second kappa shape index (κ2) is 4.56. The third-order valence-electron chi connectivity index (χ3n) is 3.16. The first-order valence-corrected chi connectivity index (χ1v) is 5.52. The number of nitroso groups, excluding NO2 is 1. The molecule has 0 N–H and O–H groups in total. The molecule has 6 nitrogen and oxygen atoms in total. The largest absolute Gasteiger partial charge is 0.285 e. The Morgan fingerprint density at radius 2 is 2.00 bits per heavy atom. The van der Waals surface area contributed by atoms with Gasteiger partial charge in [-0.05, 0) is 11.6 Å². The van der Waals surface area contributed by atoms with E-state index in [-0.39, 0.29) is 18.2 Å². The Labute approximate surface area is 104 Å². The minimum atomic E-state index is -0.525. The molecule has 1 aliphatic rings. The summed E-state index contributed by atoms with van der Waals surface area (Å²) in [6.07, 6.45) is 0.138. The Kier molecular flexibility index (Phi) is 3.10. The Morgan fingerprint density at radius 1 is 1.33 bits per heavy atom. The number of likely N-dealkylation sites (N-methyl/N-ethyl adjacent to an activating group) is 1. The number of carbonyl (C=O) groups is 2. The van der Waals surface area contributed by atoms with Gasteiger partial charge in [-0.15, -0.1) is 4.91 Å². The van der Waals surface area contributed by atoms with E-state index in [0.717, 1.165) is 9.91 Å². The monoisotopic (exact) mass is 247 g/mol. The third-order valence-corrected chi connectivity index (χ3v) is 3.16. The number of likely N-dealkylation sites (tertiary alicyclic amines) is 1. The van der Waals surface area contributed by atoms with Gasteiger partial charge in [0, 0.05) is 20.5 Å². The molecule has 0 bridgehead atoms.